The van der Waals surface area contributed by atoms with Gasteiger partial charge in [-0.1, -0.05) is 6.92 Å². The maximum absolute atomic E-state index is 12.0. The van der Waals surface area contributed by atoms with E-state index in [1.165, 1.54) is 7.11 Å². The lowest BCUT2D eigenvalue weighted by molar-refractivity contribution is -0.118. The fourth-order valence-corrected chi connectivity index (χ4v) is 2.12. The predicted molar refractivity (Wildman–Crippen MR) is 98.9 cm³/mol. The molecule has 0 aliphatic carbocycles. The third-order valence-electron chi connectivity index (χ3n) is 3.49. The third kappa shape index (κ3) is 6.14. The molecule has 7 heteroatoms. The Labute approximate surface area is 157 Å². The molecule has 1 amide bonds. The summed E-state index contributed by atoms with van der Waals surface area (Å²) in [4.78, 5) is 35.0. The highest BCUT2D eigenvalue weighted by atomic mass is 16.5. The largest absolute Gasteiger partial charge is 0.484 e. The van der Waals surface area contributed by atoms with Crippen molar-refractivity contribution in [1.82, 2.24) is 0 Å². The molecule has 0 bridgehead atoms. The van der Waals surface area contributed by atoms with Crippen LogP contribution in [0.3, 0.4) is 0 Å². The van der Waals surface area contributed by atoms with Crippen molar-refractivity contribution in [3.8, 4) is 5.75 Å². The summed E-state index contributed by atoms with van der Waals surface area (Å²) in [7, 11) is 1.30. The van der Waals surface area contributed by atoms with Gasteiger partial charge in [0.1, 0.15) is 5.75 Å². The number of amides is 1. The van der Waals surface area contributed by atoms with Gasteiger partial charge in [-0.05, 0) is 55.0 Å². The van der Waals surface area contributed by atoms with Crippen LogP contribution in [0.15, 0.2) is 48.5 Å². The van der Waals surface area contributed by atoms with Gasteiger partial charge in [0.15, 0.2) is 6.61 Å². The third-order valence-corrected chi connectivity index (χ3v) is 3.49. The van der Waals surface area contributed by atoms with Gasteiger partial charge >= 0.3 is 11.9 Å². The number of carbonyl (C=O) groups excluding carboxylic acids is 3. The molecule has 0 aliphatic rings. The number of ether oxygens (including phenoxy) is 3. The molecule has 2 aromatic rings. The Kier molecular flexibility index (Phi) is 7.37. The maximum atomic E-state index is 12.0. The van der Waals surface area contributed by atoms with Crippen molar-refractivity contribution in [2.45, 2.75) is 13.3 Å². The Morgan fingerprint density at radius 1 is 0.889 bits per heavy atom. The van der Waals surface area contributed by atoms with Crippen LogP contribution in [0.2, 0.25) is 0 Å². The van der Waals surface area contributed by atoms with E-state index in [0.717, 1.165) is 6.42 Å². The van der Waals surface area contributed by atoms with E-state index in [2.05, 4.69) is 10.1 Å². The van der Waals surface area contributed by atoms with Crippen molar-refractivity contribution in [1.29, 1.82) is 0 Å². The number of methoxy groups -OCH3 is 1. The highest BCUT2D eigenvalue weighted by Gasteiger charge is 2.09. The lowest BCUT2D eigenvalue weighted by Gasteiger charge is -2.09. The Morgan fingerprint density at radius 3 is 2.07 bits per heavy atom. The van der Waals surface area contributed by atoms with Crippen LogP contribution in [-0.2, 0) is 14.3 Å². The summed E-state index contributed by atoms with van der Waals surface area (Å²) in [6.07, 6.45) is 0.755. The molecule has 142 valence electrons. The molecule has 0 saturated heterocycles. The number of esters is 2. The molecule has 2 rings (SSSR count). The predicted octanol–water partition coefficient (Wildman–Crippen LogP) is 3.06. The minimum atomic E-state index is -0.443. The van der Waals surface area contributed by atoms with Crippen LogP contribution in [0.25, 0.3) is 0 Å². The second kappa shape index (κ2) is 9.96. The van der Waals surface area contributed by atoms with Crippen LogP contribution in [0, 0.1) is 0 Å². The number of carbonyl (C=O) groups is 3. The van der Waals surface area contributed by atoms with Crippen LogP contribution in [0.1, 0.15) is 34.1 Å². The average Bonchev–Trinajstić information content (AvgIpc) is 2.70. The molecule has 0 spiro atoms. The fraction of sp³-hybridized carbons (Fsp3) is 0.250. The van der Waals surface area contributed by atoms with Crippen molar-refractivity contribution in [3.63, 3.8) is 0 Å². The molecular formula is C20H21NO6. The standard InChI is InChI=1S/C20H21NO6/c1-3-12-26-20(24)15-4-8-16(9-5-15)21-18(22)13-27-17-10-6-14(7-11-17)19(23)25-2/h4-11H,3,12-13H2,1-2H3,(H,21,22). The minimum Gasteiger partial charge on any atom is -0.484 e. The Morgan fingerprint density at radius 2 is 1.48 bits per heavy atom. The van der Waals surface area contributed by atoms with Crippen molar-refractivity contribution < 1.29 is 28.6 Å². The molecule has 0 radical (unpaired) electrons. The van der Waals surface area contributed by atoms with E-state index in [9.17, 15) is 14.4 Å². The van der Waals surface area contributed by atoms with E-state index >= 15 is 0 Å². The van der Waals surface area contributed by atoms with E-state index in [-0.39, 0.29) is 12.5 Å². The van der Waals surface area contributed by atoms with Gasteiger partial charge in [-0.2, -0.15) is 0 Å². The molecule has 0 heterocycles. The smallest absolute Gasteiger partial charge is 0.338 e. The number of benzene rings is 2. The van der Waals surface area contributed by atoms with E-state index in [4.69, 9.17) is 9.47 Å². The first-order chi connectivity index (χ1) is 13.0. The Balaban J connectivity index is 1.83. The van der Waals surface area contributed by atoms with Crippen molar-refractivity contribution in [3.05, 3.63) is 59.7 Å². The van der Waals surface area contributed by atoms with Gasteiger partial charge in [0.05, 0.1) is 24.8 Å². The van der Waals surface area contributed by atoms with E-state index in [1.54, 1.807) is 48.5 Å². The van der Waals surface area contributed by atoms with Crippen molar-refractivity contribution in [2.75, 3.05) is 25.6 Å². The molecule has 0 unspecified atom stereocenters. The highest BCUT2D eigenvalue weighted by molar-refractivity contribution is 5.93. The van der Waals surface area contributed by atoms with Gasteiger partial charge in [-0.15, -0.1) is 0 Å². The molecule has 0 aliphatic heterocycles. The minimum absolute atomic E-state index is 0.197. The zero-order valence-electron chi connectivity index (χ0n) is 15.2. The Bertz CT molecular complexity index is 783. The van der Waals surface area contributed by atoms with Crippen molar-refractivity contribution >= 4 is 23.5 Å². The Hall–Kier alpha value is -3.35. The topological polar surface area (TPSA) is 90.9 Å². The molecule has 0 fully saturated rings. The summed E-state index contributed by atoms with van der Waals surface area (Å²) >= 11 is 0. The zero-order chi connectivity index (χ0) is 19.6. The summed E-state index contributed by atoms with van der Waals surface area (Å²) in [5.41, 5.74) is 1.35. The summed E-state index contributed by atoms with van der Waals surface area (Å²) < 4.78 is 15.0. The van der Waals surface area contributed by atoms with Crippen LogP contribution in [0.5, 0.6) is 5.75 Å². The normalized spacial score (nSPS) is 10.0. The van der Waals surface area contributed by atoms with Gasteiger partial charge in [-0.25, -0.2) is 9.59 Å². The van der Waals surface area contributed by atoms with Gasteiger partial charge in [0.2, 0.25) is 0 Å². The van der Waals surface area contributed by atoms with Crippen molar-refractivity contribution in [2.24, 2.45) is 0 Å². The quantitative estimate of drug-likeness (QED) is 0.717. The molecule has 1 N–H and O–H groups in total. The summed E-state index contributed by atoms with van der Waals surface area (Å²) in [5, 5.41) is 2.67. The zero-order valence-corrected chi connectivity index (χ0v) is 15.2. The molecule has 7 nitrogen and oxygen atoms in total. The number of rotatable bonds is 8. The van der Waals surface area contributed by atoms with Crippen LogP contribution >= 0.6 is 0 Å². The van der Waals surface area contributed by atoms with Gasteiger partial charge < -0.3 is 19.5 Å². The first-order valence-corrected chi connectivity index (χ1v) is 8.41. The second-order valence-electron chi connectivity index (χ2n) is 5.57. The summed E-state index contributed by atoms with van der Waals surface area (Å²) in [6, 6.07) is 12.7. The lowest BCUT2D eigenvalue weighted by atomic mass is 10.2. The number of hydrogen-bond acceptors (Lipinski definition) is 6. The molecule has 27 heavy (non-hydrogen) atoms. The average molecular weight is 371 g/mol. The fourth-order valence-electron chi connectivity index (χ4n) is 2.12. The molecule has 0 aromatic heterocycles. The van der Waals surface area contributed by atoms with E-state index in [1.807, 2.05) is 6.92 Å². The van der Waals surface area contributed by atoms with Crippen LogP contribution in [0.4, 0.5) is 5.69 Å². The monoisotopic (exact) mass is 371 g/mol. The van der Waals surface area contributed by atoms with Gasteiger partial charge in [0.25, 0.3) is 5.91 Å². The number of nitrogens with one attached hydrogen (secondary N) is 1. The second-order valence-corrected chi connectivity index (χ2v) is 5.57. The van der Waals surface area contributed by atoms with E-state index in [0.29, 0.717) is 29.2 Å². The number of anilines is 1. The van der Waals surface area contributed by atoms with Crippen LogP contribution < -0.4 is 10.1 Å². The molecule has 2 aromatic carbocycles. The first kappa shape index (κ1) is 20.0. The van der Waals surface area contributed by atoms with E-state index < -0.39 is 11.9 Å². The molecular weight excluding hydrogens is 350 g/mol. The molecule has 0 saturated carbocycles. The summed E-state index contributed by atoms with van der Waals surface area (Å²) in [6.45, 7) is 2.09. The number of hydrogen-bond donors (Lipinski definition) is 1. The van der Waals surface area contributed by atoms with Crippen LogP contribution in [-0.4, -0.2) is 38.2 Å². The first-order valence-electron chi connectivity index (χ1n) is 8.41. The SMILES string of the molecule is CCCOC(=O)c1ccc(NC(=O)COc2ccc(C(=O)OC)cc2)cc1. The van der Waals surface area contributed by atoms with Gasteiger partial charge in [-0.3, -0.25) is 4.79 Å². The lowest BCUT2D eigenvalue weighted by Crippen LogP contribution is -2.20. The molecule has 0 atom stereocenters. The van der Waals surface area contributed by atoms with Gasteiger partial charge in [0, 0.05) is 5.69 Å². The maximum Gasteiger partial charge on any atom is 0.338 e. The highest BCUT2D eigenvalue weighted by Crippen LogP contribution is 2.14. The summed E-state index contributed by atoms with van der Waals surface area (Å²) in [5.74, 6) is -0.741.